The first kappa shape index (κ1) is 14.5. The Hall–Kier alpha value is -1.51. The molecule has 0 fully saturated rings. The van der Waals surface area contributed by atoms with Crippen LogP contribution in [0.5, 0.6) is 0 Å². The van der Waals surface area contributed by atoms with Crippen molar-refractivity contribution in [2.75, 3.05) is 0 Å². The molecule has 0 atom stereocenters. The van der Waals surface area contributed by atoms with Gasteiger partial charge in [-0.25, -0.2) is 0 Å². The Kier molecular flexibility index (Phi) is 6.23. The van der Waals surface area contributed by atoms with Crippen LogP contribution >= 0.6 is 0 Å². The highest BCUT2D eigenvalue weighted by Gasteiger charge is 2.13. The van der Waals surface area contributed by atoms with Crippen LogP contribution in [-0.2, 0) is 0 Å². The normalized spacial score (nSPS) is 9.38. The Morgan fingerprint density at radius 1 is 1.25 bits per heavy atom. The number of rotatable bonds is 3. The lowest BCUT2D eigenvalue weighted by atomic mass is 10.0. The van der Waals surface area contributed by atoms with Crippen molar-refractivity contribution < 1.29 is 0 Å². The molecule has 0 aliphatic carbocycles. The van der Waals surface area contributed by atoms with Crippen LogP contribution in [0.25, 0.3) is 6.08 Å². The molecule has 1 heterocycles. The minimum atomic E-state index is 0.294. The zero-order valence-electron chi connectivity index (χ0n) is 10.9. The fraction of sp³-hybridized carbons (Fsp3) is 0.462. The van der Waals surface area contributed by atoms with Gasteiger partial charge in [-0.2, -0.15) is 10.2 Å². The fourth-order valence-electron chi connectivity index (χ4n) is 1.34. The summed E-state index contributed by atoms with van der Waals surface area (Å²) in [5.41, 5.74) is 3.45. The van der Waals surface area contributed by atoms with E-state index in [-0.39, 0.29) is 0 Å². The maximum Gasteiger partial charge on any atom is 0.0949 e. The van der Waals surface area contributed by atoms with Crippen LogP contribution in [0.4, 0.5) is 5.69 Å². The summed E-state index contributed by atoms with van der Waals surface area (Å²) in [6.07, 6.45) is 1.75. The van der Waals surface area contributed by atoms with E-state index in [1.165, 1.54) is 0 Å². The quantitative estimate of drug-likeness (QED) is 0.723. The first-order valence-electron chi connectivity index (χ1n) is 5.58. The Morgan fingerprint density at radius 3 is 2.19 bits per heavy atom. The van der Waals surface area contributed by atoms with Gasteiger partial charge in [-0.1, -0.05) is 40.3 Å². The molecule has 0 spiro atoms. The number of aromatic nitrogens is 2. The monoisotopic (exact) mass is 219 g/mol. The van der Waals surface area contributed by atoms with Crippen LogP contribution in [-0.4, -0.2) is 16.9 Å². The van der Waals surface area contributed by atoms with E-state index in [2.05, 4.69) is 42.3 Å². The predicted octanol–water partition coefficient (Wildman–Crippen LogP) is 3.91. The number of aryl methyl sites for hydroxylation is 1. The van der Waals surface area contributed by atoms with Gasteiger partial charge in [0, 0.05) is 5.56 Å². The molecule has 0 saturated heterocycles. The van der Waals surface area contributed by atoms with Crippen LogP contribution < -0.4 is 0 Å². The van der Waals surface area contributed by atoms with E-state index in [1.54, 1.807) is 6.08 Å². The molecule has 0 unspecified atom stereocenters. The van der Waals surface area contributed by atoms with Gasteiger partial charge in [0.2, 0.25) is 0 Å². The minimum Gasteiger partial charge on any atom is -0.262 e. The lowest BCUT2D eigenvalue weighted by Gasteiger charge is -2.10. The van der Waals surface area contributed by atoms with Gasteiger partial charge in [0.15, 0.2) is 0 Å². The summed E-state index contributed by atoms with van der Waals surface area (Å²) < 4.78 is 0. The van der Waals surface area contributed by atoms with Crippen LogP contribution in [0.3, 0.4) is 0 Å². The minimum absolute atomic E-state index is 0.294. The maximum atomic E-state index is 4.13. The number of hydrogen-bond acceptors (Lipinski definition) is 3. The van der Waals surface area contributed by atoms with Crippen LogP contribution in [0.1, 0.15) is 50.6 Å². The highest BCUT2D eigenvalue weighted by Crippen LogP contribution is 2.29. The molecule has 0 saturated carbocycles. The predicted molar refractivity (Wildman–Crippen MR) is 71.5 cm³/mol. The van der Waals surface area contributed by atoms with Gasteiger partial charge >= 0.3 is 0 Å². The van der Waals surface area contributed by atoms with Gasteiger partial charge in [-0.05, 0) is 19.6 Å². The van der Waals surface area contributed by atoms with Crippen molar-refractivity contribution in [3.63, 3.8) is 0 Å². The summed E-state index contributed by atoms with van der Waals surface area (Å²) in [7, 11) is 0. The smallest absolute Gasteiger partial charge is 0.0949 e. The molecule has 1 aromatic rings. The van der Waals surface area contributed by atoms with E-state index >= 15 is 0 Å². The largest absolute Gasteiger partial charge is 0.262 e. The van der Waals surface area contributed by atoms with Crippen molar-refractivity contribution >= 4 is 18.5 Å². The zero-order chi connectivity index (χ0) is 12.7. The molecule has 3 heteroatoms. The maximum absolute atomic E-state index is 4.13. The highest BCUT2D eigenvalue weighted by atomic mass is 15.1. The summed E-state index contributed by atoms with van der Waals surface area (Å²) in [4.78, 5) is 4.00. The number of nitrogens with zero attached hydrogens (tertiary/aromatic N) is 3. The molecule has 0 radical (unpaired) electrons. The van der Waals surface area contributed by atoms with Gasteiger partial charge in [-0.3, -0.25) is 4.99 Å². The summed E-state index contributed by atoms with van der Waals surface area (Å²) >= 11 is 0. The second kappa shape index (κ2) is 6.88. The van der Waals surface area contributed by atoms with E-state index in [0.29, 0.717) is 5.92 Å². The lowest BCUT2D eigenvalue weighted by molar-refractivity contribution is 0.777. The summed E-state index contributed by atoms with van der Waals surface area (Å²) in [6, 6.07) is 0. The molecule has 0 amide bonds. The molecule has 0 aliphatic rings. The Balaban J connectivity index is 0.00000106. The third-order valence-electron chi connectivity index (χ3n) is 2.10. The molecular weight excluding hydrogens is 198 g/mol. The van der Waals surface area contributed by atoms with Crippen LogP contribution in [0.15, 0.2) is 11.6 Å². The molecule has 3 nitrogen and oxygen atoms in total. The van der Waals surface area contributed by atoms with E-state index in [4.69, 9.17) is 0 Å². The molecule has 0 N–H and O–H groups in total. The standard InChI is InChI=1S/C11H15N3.C2H6/c1-6-9-8(4)13-14-10(7(2)3)11(9)12-5;1-2/h6-7H,1,5H2,2-4H3;1-2H3. The van der Waals surface area contributed by atoms with Crippen molar-refractivity contribution in [2.45, 2.75) is 40.5 Å². The fourth-order valence-corrected chi connectivity index (χ4v) is 1.34. The van der Waals surface area contributed by atoms with E-state index in [0.717, 1.165) is 22.6 Å². The molecule has 16 heavy (non-hydrogen) atoms. The van der Waals surface area contributed by atoms with Gasteiger partial charge in [-0.15, -0.1) is 0 Å². The van der Waals surface area contributed by atoms with E-state index in [9.17, 15) is 0 Å². The van der Waals surface area contributed by atoms with Gasteiger partial charge in [0.25, 0.3) is 0 Å². The Bertz CT molecular complexity index is 368. The molecule has 0 aliphatic heterocycles. The van der Waals surface area contributed by atoms with Gasteiger partial charge in [0.1, 0.15) is 0 Å². The topological polar surface area (TPSA) is 38.1 Å². The third kappa shape index (κ3) is 2.99. The third-order valence-corrected chi connectivity index (χ3v) is 2.10. The second-order valence-corrected chi connectivity index (χ2v) is 3.45. The molecule has 1 rings (SSSR count). The lowest BCUT2D eigenvalue weighted by Crippen LogP contribution is -2.00. The van der Waals surface area contributed by atoms with Crippen molar-refractivity contribution in [2.24, 2.45) is 4.99 Å². The van der Waals surface area contributed by atoms with Crippen LogP contribution in [0, 0.1) is 6.92 Å². The first-order chi connectivity index (χ1) is 7.61. The molecule has 0 bridgehead atoms. The van der Waals surface area contributed by atoms with Crippen LogP contribution in [0.2, 0.25) is 0 Å². The molecular formula is C13H21N3. The van der Waals surface area contributed by atoms with Gasteiger partial charge < -0.3 is 0 Å². The summed E-state index contributed by atoms with van der Waals surface area (Å²) in [5, 5.41) is 8.20. The number of hydrogen-bond donors (Lipinski definition) is 0. The van der Waals surface area contributed by atoms with E-state index < -0.39 is 0 Å². The second-order valence-electron chi connectivity index (χ2n) is 3.45. The van der Waals surface area contributed by atoms with Crippen molar-refractivity contribution in [1.82, 2.24) is 10.2 Å². The Labute approximate surface area is 98.3 Å². The zero-order valence-corrected chi connectivity index (χ0v) is 10.9. The van der Waals surface area contributed by atoms with Crippen molar-refractivity contribution in [1.29, 1.82) is 0 Å². The first-order valence-corrected chi connectivity index (χ1v) is 5.58. The molecule has 0 aromatic carbocycles. The highest BCUT2D eigenvalue weighted by molar-refractivity contribution is 5.68. The SMILES string of the molecule is C=Cc1c(C)nnc(C(C)C)c1N=C.CC. The Morgan fingerprint density at radius 2 is 1.81 bits per heavy atom. The molecule has 1 aromatic heterocycles. The average molecular weight is 219 g/mol. The summed E-state index contributed by atoms with van der Waals surface area (Å²) in [6.45, 7) is 17.3. The number of aliphatic imine (C=N–C) groups is 1. The van der Waals surface area contributed by atoms with Crippen molar-refractivity contribution in [3.8, 4) is 0 Å². The van der Waals surface area contributed by atoms with E-state index in [1.807, 2.05) is 20.8 Å². The van der Waals surface area contributed by atoms with Gasteiger partial charge in [0.05, 0.1) is 17.1 Å². The summed E-state index contributed by atoms with van der Waals surface area (Å²) in [5.74, 6) is 0.294. The average Bonchev–Trinajstić information content (AvgIpc) is 2.30. The molecule has 88 valence electrons. The van der Waals surface area contributed by atoms with Crippen molar-refractivity contribution in [3.05, 3.63) is 23.5 Å².